The van der Waals surface area contributed by atoms with E-state index in [4.69, 9.17) is 9.97 Å². The first-order valence-corrected chi connectivity index (χ1v) is 15.2. The lowest BCUT2D eigenvalue weighted by atomic mass is 9.88. The zero-order valence-corrected chi connectivity index (χ0v) is 22.7. The SMILES string of the molecule is CC1CCc2c(sc(NC(=O)c3ccc(-c4nc5ccccc5s4)s3)c2-c2nc3ccccc3s2)C1. The summed E-state index contributed by atoms with van der Waals surface area (Å²) in [5.74, 6) is 0.595. The molecule has 0 saturated heterocycles. The first-order valence-electron chi connectivity index (χ1n) is 11.9. The number of amides is 1. The molecule has 4 nitrogen and oxygen atoms in total. The van der Waals surface area contributed by atoms with Crippen LogP contribution in [0.25, 0.3) is 40.9 Å². The van der Waals surface area contributed by atoms with Crippen molar-refractivity contribution in [2.24, 2.45) is 5.92 Å². The summed E-state index contributed by atoms with van der Waals surface area (Å²) in [6.07, 6.45) is 3.27. The number of thiazole rings is 2. The second-order valence-corrected chi connectivity index (χ2v) is 13.4. The molecule has 0 aliphatic heterocycles. The number of nitrogens with zero attached hydrogens (tertiary/aromatic N) is 2. The van der Waals surface area contributed by atoms with E-state index >= 15 is 0 Å². The fourth-order valence-electron chi connectivity index (χ4n) is 4.76. The average Bonchev–Trinajstić information content (AvgIpc) is 3.66. The van der Waals surface area contributed by atoms with Crippen LogP contribution in [0.4, 0.5) is 5.00 Å². The smallest absolute Gasteiger partial charge is 0.266 e. The van der Waals surface area contributed by atoms with Gasteiger partial charge in [-0.1, -0.05) is 31.2 Å². The maximum Gasteiger partial charge on any atom is 0.266 e. The molecular weight excluding hydrogens is 523 g/mol. The van der Waals surface area contributed by atoms with Gasteiger partial charge in [0.2, 0.25) is 0 Å². The van der Waals surface area contributed by atoms with Crippen LogP contribution in [0, 0.1) is 5.92 Å². The monoisotopic (exact) mass is 543 g/mol. The van der Waals surface area contributed by atoms with Gasteiger partial charge >= 0.3 is 0 Å². The van der Waals surface area contributed by atoms with E-state index in [2.05, 4.69) is 36.5 Å². The van der Waals surface area contributed by atoms with Gasteiger partial charge in [-0.15, -0.1) is 45.3 Å². The molecule has 0 saturated carbocycles. The van der Waals surface area contributed by atoms with E-state index in [1.54, 1.807) is 34.0 Å². The number of carbonyl (C=O) groups is 1. The Hall–Kier alpha value is -2.91. The number of thiophene rings is 2. The van der Waals surface area contributed by atoms with E-state index in [9.17, 15) is 4.79 Å². The van der Waals surface area contributed by atoms with Gasteiger partial charge in [-0.25, -0.2) is 9.97 Å². The molecule has 1 unspecified atom stereocenters. The lowest BCUT2D eigenvalue weighted by molar-refractivity contribution is 0.103. The molecule has 0 fully saturated rings. The molecule has 1 N–H and O–H groups in total. The van der Waals surface area contributed by atoms with Crippen molar-refractivity contribution in [3.8, 4) is 20.5 Å². The van der Waals surface area contributed by atoms with Gasteiger partial charge < -0.3 is 5.32 Å². The van der Waals surface area contributed by atoms with Crippen molar-refractivity contribution in [2.75, 3.05) is 5.32 Å². The predicted molar refractivity (Wildman–Crippen MR) is 155 cm³/mol. The topological polar surface area (TPSA) is 54.9 Å². The summed E-state index contributed by atoms with van der Waals surface area (Å²) in [4.78, 5) is 26.3. The van der Waals surface area contributed by atoms with E-state index in [1.807, 2.05) is 36.4 Å². The number of rotatable bonds is 4. The summed E-state index contributed by atoms with van der Waals surface area (Å²) in [7, 11) is 0. The minimum atomic E-state index is -0.0682. The van der Waals surface area contributed by atoms with E-state index in [1.165, 1.54) is 32.9 Å². The lowest BCUT2D eigenvalue weighted by Crippen LogP contribution is -2.10. The first-order chi connectivity index (χ1) is 17.6. The van der Waals surface area contributed by atoms with Crippen molar-refractivity contribution in [1.82, 2.24) is 9.97 Å². The minimum Gasteiger partial charge on any atom is -0.312 e. The Labute approximate surface area is 224 Å². The standard InChI is InChI=1S/C28H21N3OS4/c1-15-10-11-16-23(14-15)36-28(24(16)27-30-18-7-3-5-9-20(18)35-27)31-25(32)21-12-13-22(33-21)26-29-17-6-2-4-8-19(17)34-26/h2-9,12-13,15H,10-11,14H2,1H3,(H,31,32). The van der Waals surface area contributed by atoms with Crippen LogP contribution >= 0.6 is 45.3 Å². The fourth-order valence-corrected chi connectivity index (χ4v) is 9.20. The van der Waals surface area contributed by atoms with E-state index in [0.717, 1.165) is 54.0 Å². The molecule has 2 aromatic carbocycles. The first kappa shape index (κ1) is 22.3. The van der Waals surface area contributed by atoms with Crippen LogP contribution < -0.4 is 5.32 Å². The molecule has 1 atom stereocenters. The molecule has 0 bridgehead atoms. The van der Waals surface area contributed by atoms with Crippen molar-refractivity contribution in [2.45, 2.75) is 26.2 Å². The van der Waals surface area contributed by atoms with Crippen LogP contribution in [0.3, 0.4) is 0 Å². The minimum absolute atomic E-state index is 0.0682. The summed E-state index contributed by atoms with van der Waals surface area (Å²) >= 11 is 6.60. The van der Waals surface area contributed by atoms with Gasteiger partial charge in [0.1, 0.15) is 15.0 Å². The number of fused-ring (bicyclic) bond motifs is 3. The molecule has 1 amide bonds. The molecule has 36 heavy (non-hydrogen) atoms. The molecule has 4 aromatic heterocycles. The van der Waals surface area contributed by atoms with Crippen molar-refractivity contribution in [1.29, 1.82) is 0 Å². The van der Waals surface area contributed by atoms with Crippen LogP contribution in [0.15, 0.2) is 60.7 Å². The number of carbonyl (C=O) groups excluding carboxylic acids is 1. The van der Waals surface area contributed by atoms with Gasteiger partial charge in [-0.2, -0.15) is 0 Å². The number of benzene rings is 2. The number of anilines is 1. The van der Waals surface area contributed by atoms with E-state index in [-0.39, 0.29) is 5.91 Å². The number of hydrogen-bond donors (Lipinski definition) is 1. The molecule has 0 spiro atoms. The summed E-state index contributed by atoms with van der Waals surface area (Å²) in [6, 6.07) is 20.3. The van der Waals surface area contributed by atoms with E-state index < -0.39 is 0 Å². The van der Waals surface area contributed by atoms with Crippen LogP contribution in [0.2, 0.25) is 0 Å². The molecule has 178 valence electrons. The van der Waals surface area contributed by atoms with Crippen molar-refractivity contribution < 1.29 is 4.79 Å². The molecule has 6 aromatic rings. The molecule has 4 heterocycles. The van der Waals surface area contributed by atoms with Crippen LogP contribution in [-0.2, 0) is 12.8 Å². The van der Waals surface area contributed by atoms with Gasteiger partial charge in [0.25, 0.3) is 5.91 Å². The summed E-state index contributed by atoms with van der Waals surface area (Å²) < 4.78 is 2.33. The summed E-state index contributed by atoms with van der Waals surface area (Å²) in [6.45, 7) is 2.31. The van der Waals surface area contributed by atoms with Crippen LogP contribution in [-0.4, -0.2) is 15.9 Å². The second kappa shape index (κ2) is 8.88. The Kier molecular flexibility index (Phi) is 5.50. The number of nitrogens with one attached hydrogen (secondary N) is 1. The highest BCUT2D eigenvalue weighted by atomic mass is 32.1. The molecule has 7 rings (SSSR count). The quantitative estimate of drug-likeness (QED) is 0.242. The number of aromatic nitrogens is 2. The van der Waals surface area contributed by atoms with Crippen molar-refractivity contribution >= 4 is 76.7 Å². The third kappa shape index (κ3) is 3.89. The van der Waals surface area contributed by atoms with E-state index in [0.29, 0.717) is 10.8 Å². The Morgan fingerprint density at radius 3 is 2.31 bits per heavy atom. The maximum atomic E-state index is 13.4. The van der Waals surface area contributed by atoms with Gasteiger partial charge in [-0.05, 0) is 67.1 Å². The normalized spacial score (nSPS) is 15.4. The predicted octanol–water partition coefficient (Wildman–Crippen LogP) is 8.74. The molecule has 8 heteroatoms. The molecule has 1 aliphatic rings. The zero-order chi connectivity index (χ0) is 24.2. The number of hydrogen-bond acceptors (Lipinski definition) is 7. The fraction of sp³-hybridized carbons (Fsp3) is 0.179. The Morgan fingerprint density at radius 2 is 1.56 bits per heavy atom. The highest BCUT2D eigenvalue weighted by molar-refractivity contribution is 7.26. The van der Waals surface area contributed by atoms with Crippen molar-refractivity contribution in [3.63, 3.8) is 0 Å². The van der Waals surface area contributed by atoms with Gasteiger partial charge in [0, 0.05) is 10.4 Å². The molecular formula is C28H21N3OS4. The lowest BCUT2D eigenvalue weighted by Gasteiger charge is -2.18. The second-order valence-electron chi connectivity index (χ2n) is 9.15. The summed E-state index contributed by atoms with van der Waals surface area (Å²) in [5, 5.41) is 6.15. The highest BCUT2D eigenvalue weighted by Gasteiger charge is 2.28. The maximum absolute atomic E-state index is 13.4. The van der Waals surface area contributed by atoms with Gasteiger partial charge in [0.15, 0.2) is 0 Å². The largest absolute Gasteiger partial charge is 0.312 e. The summed E-state index contributed by atoms with van der Waals surface area (Å²) in [5.41, 5.74) is 4.50. The van der Waals surface area contributed by atoms with Crippen LogP contribution in [0.5, 0.6) is 0 Å². The zero-order valence-electron chi connectivity index (χ0n) is 19.4. The van der Waals surface area contributed by atoms with Crippen LogP contribution in [0.1, 0.15) is 33.5 Å². The highest BCUT2D eigenvalue weighted by Crippen LogP contribution is 2.47. The third-order valence-electron chi connectivity index (χ3n) is 6.58. The Morgan fingerprint density at radius 1 is 0.861 bits per heavy atom. The van der Waals surface area contributed by atoms with Crippen molar-refractivity contribution in [3.05, 3.63) is 76.0 Å². The average molecular weight is 544 g/mol. The Balaban J connectivity index is 1.24. The third-order valence-corrected chi connectivity index (χ3v) is 11.1. The van der Waals surface area contributed by atoms with Gasteiger partial charge in [0.05, 0.1) is 30.2 Å². The van der Waals surface area contributed by atoms with Gasteiger partial charge in [-0.3, -0.25) is 4.79 Å². The number of para-hydroxylation sites is 2. The Bertz CT molecular complexity index is 1690. The molecule has 0 radical (unpaired) electrons. The molecule has 1 aliphatic carbocycles.